The summed E-state index contributed by atoms with van der Waals surface area (Å²) in [4.78, 5) is 23.7. The summed E-state index contributed by atoms with van der Waals surface area (Å²) in [6, 6.07) is 15.9. The van der Waals surface area contributed by atoms with Crippen LogP contribution in [0, 0.1) is 0 Å². The first-order valence-electron chi connectivity index (χ1n) is 9.12. The highest BCUT2D eigenvalue weighted by Crippen LogP contribution is 2.22. The predicted octanol–water partition coefficient (Wildman–Crippen LogP) is 3.15. The molecule has 0 unspecified atom stereocenters. The molecule has 2 aromatic heterocycles. The molecule has 1 aromatic carbocycles. The summed E-state index contributed by atoms with van der Waals surface area (Å²) in [5.74, 6) is 0.795. The number of benzene rings is 1. The van der Waals surface area contributed by atoms with E-state index in [2.05, 4.69) is 34.1 Å². The quantitative estimate of drug-likeness (QED) is 0.712. The van der Waals surface area contributed by atoms with Crippen LogP contribution in [0.4, 0.5) is 5.95 Å². The second-order valence-corrected chi connectivity index (χ2v) is 6.60. The van der Waals surface area contributed by atoms with Gasteiger partial charge in [0.25, 0.3) is 5.56 Å². The molecule has 1 aliphatic rings. The van der Waals surface area contributed by atoms with E-state index in [0.717, 1.165) is 56.1 Å². The second kappa shape index (κ2) is 7.52. The number of aryl methyl sites for hydroxylation is 1. The maximum absolute atomic E-state index is 12.6. The zero-order valence-electron chi connectivity index (χ0n) is 14.7. The average Bonchev–Trinajstić information content (AvgIpc) is 2.70. The molecular formula is C21H22N4O. The molecule has 0 fully saturated rings. The molecule has 0 radical (unpaired) electrons. The lowest BCUT2D eigenvalue weighted by Gasteiger charge is -2.31. The Kier molecular flexibility index (Phi) is 4.78. The number of fused-ring (bicyclic) bond motifs is 1. The molecule has 0 bridgehead atoms. The summed E-state index contributed by atoms with van der Waals surface area (Å²) in [6.45, 7) is 2.59. The van der Waals surface area contributed by atoms with Crippen LogP contribution in [0.5, 0.6) is 0 Å². The minimum atomic E-state index is 0.0228. The van der Waals surface area contributed by atoms with Crippen LogP contribution in [0.25, 0.3) is 11.3 Å². The van der Waals surface area contributed by atoms with Gasteiger partial charge >= 0.3 is 0 Å². The highest BCUT2D eigenvalue weighted by molar-refractivity contribution is 5.59. The number of aromatic nitrogens is 3. The van der Waals surface area contributed by atoms with Gasteiger partial charge < -0.3 is 4.90 Å². The van der Waals surface area contributed by atoms with Crippen LogP contribution in [-0.2, 0) is 13.0 Å². The van der Waals surface area contributed by atoms with E-state index in [1.807, 2.05) is 18.2 Å². The van der Waals surface area contributed by atoms with Crippen LogP contribution in [0.15, 0.2) is 65.7 Å². The fraction of sp³-hybridized carbons (Fsp3) is 0.286. The zero-order chi connectivity index (χ0) is 17.8. The molecule has 3 heterocycles. The minimum Gasteiger partial charge on any atom is -0.342 e. The van der Waals surface area contributed by atoms with Crippen LogP contribution in [0.2, 0.25) is 0 Å². The Morgan fingerprint density at radius 1 is 1.00 bits per heavy atom. The van der Waals surface area contributed by atoms with Gasteiger partial charge in [0.2, 0.25) is 5.95 Å². The van der Waals surface area contributed by atoms with Gasteiger partial charge in [-0.1, -0.05) is 30.3 Å². The molecule has 4 rings (SSSR count). The SMILES string of the molecule is O=c1cc(-c2ccncc2)nc2n1CCCN2CCCc1ccccc1. The van der Waals surface area contributed by atoms with Crippen molar-refractivity contribution in [2.45, 2.75) is 25.8 Å². The summed E-state index contributed by atoms with van der Waals surface area (Å²) in [7, 11) is 0. The predicted molar refractivity (Wildman–Crippen MR) is 103 cm³/mol. The number of hydrogen-bond donors (Lipinski definition) is 0. The lowest BCUT2D eigenvalue weighted by atomic mass is 10.1. The Balaban J connectivity index is 1.56. The summed E-state index contributed by atoms with van der Waals surface area (Å²) < 4.78 is 1.80. The van der Waals surface area contributed by atoms with Crippen LogP contribution in [-0.4, -0.2) is 27.6 Å². The summed E-state index contributed by atoms with van der Waals surface area (Å²) in [5, 5.41) is 0. The van der Waals surface area contributed by atoms with Crippen molar-refractivity contribution in [1.82, 2.24) is 14.5 Å². The van der Waals surface area contributed by atoms with Gasteiger partial charge in [0, 0.05) is 43.7 Å². The maximum atomic E-state index is 12.6. The van der Waals surface area contributed by atoms with Crippen molar-refractivity contribution in [2.24, 2.45) is 0 Å². The second-order valence-electron chi connectivity index (χ2n) is 6.60. The lowest BCUT2D eigenvalue weighted by Crippen LogP contribution is -2.39. The first-order chi connectivity index (χ1) is 12.8. The molecule has 5 nitrogen and oxygen atoms in total. The molecule has 0 atom stereocenters. The van der Waals surface area contributed by atoms with Crippen LogP contribution in [0.3, 0.4) is 0 Å². The van der Waals surface area contributed by atoms with E-state index in [1.54, 1.807) is 23.0 Å². The molecule has 0 saturated heterocycles. The van der Waals surface area contributed by atoms with E-state index in [1.165, 1.54) is 5.56 Å². The van der Waals surface area contributed by atoms with E-state index in [-0.39, 0.29) is 5.56 Å². The third-order valence-electron chi connectivity index (χ3n) is 4.79. The Labute approximate surface area is 153 Å². The zero-order valence-corrected chi connectivity index (χ0v) is 14.7. The molecule has 0 amide bonds. The van der Waals surface area contributed by atoms with Crippen molar-refractivity contribution in [2.75, 3.05) is 18.0 Å². The molecule has 132 valence electrons. The minimum absolute atomic E-state index is 0.0228. The fourth-order valence-electron chi connectivity index (χ4n) is 3.47. The molecule has 0 spiro atoms. The third kappa shape index (κ3) is 3.52. The van der Waals surface area contributed by atoms with Gasteiger partial charge in [-0.25, -0.2) is 4.98 Å². The topological polar surface area (TPSA) is 51.0 Å². The smallest absolute Gasteiger partial charge is 0.255 e. The van der Waals surface area contributed by atoms with Crippen LogP contribution in [0.1, 0.15) is 18.4 Å². The number of nitrogens with zero attached hydrogens (tertiary/aromatic N) is 4. The van der Waals surface area contributed by atoms with Crippen molar-refractivity contribution in [3.05, 3.63) is 76.8 Å². The molecule has 0 saturated carbocycles. The molecule has 0 N–H and O–H groups in total. The standard InChI is InChI=1S/C21H22N4O/c26-20-16-19(18-9-11-22-12-10-18)23-21-24(14-5-15-25(20)21)13-4-8-17-6-2-1-3-7-17/h1-3,6-7,9-12,16H,4-5,8,13-15H2. The number of rotatable bonds is 5. The van der Waals surface area contributed by atoms with E-state index in [0.29, 0.717) is 0 Å². The van der Waals surface area contributed by atoms with Crippen molar-refractivity contribution in [3.8, 4) is 11.3 Å². The van der Waals surface area contributed by atoms with E-state index in [4.69, 9.17) is 4.98 Å². The highest BCUT2D eigenvalue weighted by Gasteiger charge is 2.20. The van der Waals surface area contributed by atoms with Crippen LogP contribution < -0.4 is 10.5 Å². The van der Waals surface area contributed by atoms with E-state index >= 15 is 0 Å². The largest absolute Gasteiger partial charge is 0.342 e. The number of hydrogen-bond acceptors (Lipinski definition) is 4. The normalized spacial score (nSPS) is 13.5. The number of pyridine rings is 1. The van der Waals surface area contributed by atoms with Gasteiger partial charge in [-0.2, -0.15) is 0 Å². The molecule has 1 aliphatic heterocycles. The van der Waals surface area contributed by atoms with Crippen molar-refractivity contribution >= 4 is 5.95 Å². The Bertz CT molecular complexity index is 922. The lowest BCUT2D eigenvalue weighted by molar-refractivity contribution is 0.527. The molecular weight excluding hydrogens is 324 g/mol. The maximum Gasteiger partial charge on any atom is 0.255 e. The fourth-order valence-corrected chi connectivity index (χ4v) is 3.47. The number of anilines is 1. The van der Waals surface area contributed by atoms with Gasteiger partial charge in [0.15, 0.2) is 0 Å². The Hall–Kier alpha value is -2.95. The van der Waals surface area contributed by atoms with Gasteiger partial charge in [0.1, 0.15) is 0 Å². The average molecular weight is 346 g/mol. The first-order valence-corrected chi connectivity index (χ1v) is 9.12. The molecule has 5 heteroatoms. The summed E-state index contributed by atoms with van der Waals surface area (Å²) >= 11 is 0. The third-order valence-corrected chi connectivity index (χ3v) is 4.79. The van der Waals surface area contributed by atoms with Gasteiger partial charge in [-0.05, 0) is 37.0 Å². The summed E-state index contributed by atoms with van der Waals surface area (Å²) in [6.07, 6.45) is 6.51. The van der Waals surface area contributed by atoms with E-state index in [9.17, 15) is 4.79 Å². The van der Waals surface area contributed by atoms with Crippen LogP contribution >= 0.6 is 0 Å². The van der Waals surface area contributed by atoms with Gasteiger partial charge in [-0.3, -0.25) is 14.3 Å². The van der Waals surface area contributed by atoms with E-state index < -0.39 is 0 Å². The first kappa shape index (κ1) is 16.5. The monoisotopic (exact) mass is 346 g/mol. The highest BCUT2D eigenvalue weighted by atomic mass is 16.1. The Morgan fingerprint density at radius 2 is 1.81 bits per heavy atom. The van der Waals surface area contributed by atoms with Crippen molar-refractivity contribution in [3.63, 3.8) is 0 Å². The molecule has 26 heavy (non-hydrogen) atoms. The summed E-state index contributed by atoms with van der Waals surface area (Å²) in [5.41, 5.74) is 3.02. The van der Waals surface area contributed by atoms with Gasteiger partial charge in [0.05, 0.1) is 5.69 Å². The Morgan fingerprint density at radius 3 is 2.62 bits per heavy atom. The van der Waals surface area contributed by atoms with Gasteiger partial charge in [-0.15, -0.1) is 0 Å². The molecule has 0 aliphatic carbocycles. The van der Waals surface area contributed by atoms with Crippen molar-refractivity contribution in [1.29, 1.82) is 0 Å². The molecule has 3 aromatic rings. The van der Waals surface area contributed by atoms with Crippen molar-refractivity contribution < 1.29 is 0 Å².